The summed E-state index contributed by atoms with van der Waals surface area (Å²) in [6, 6.07) is 7.31. The van der Waals surface area contributed by atoms with Crippen LogP contribution in [0.25, 0.3) is 0 Å². The van der Waals surface area contributed by atoms with E-state index < -0.39 is 0 Å². The fourth-order valence-corrected chi connectivity index (χ4v) is 2.07. The second-order valence-electron chi connectivity index (χ2n) is 4.39. The first kappa shape index (κ1) is 12.1. The molecule has 0 radical (unpaired) electrons. The van der Waals surface area contributed by atoms with E-state index in [4.69, 9.17) is 5.11 Å². The van der Waals surface area contributed by atoms with Gasteiger partial charge in [0.15, 0.2) is 0 Å². The molecule has 1 atom stereocenters. The number of amides is 1. The average Bonchev–Trinajstić information content (AvgIpc) is 2.40. The fourth-order valence-electron chi connectivity index (χ4n) is 2.07. The van der Waals surface area contributed by atoms with E-state index in [2.05, 4.69) is 10.6 Å². The van der Waals surface area contributed by atoms with Crippen LogP contribution < -0.4 is 10.6 Å². The minimum atomic E-state index is -0.00526. The van der Waals surface area contributed by atoms with Crippen molar-refractivity contribution < 1.29 is 9.90 Å². The summed E-state index contributed by atoms with van der Waals surface area (Å²) in [5.41, 5.74) is 1.57. The minimum Gasteiger partial charge on any atom is -0.392 e. The molecule has 1 saturated heterocycles. The van der Waals surface area contributed by atoms with E-state index >= 15 is 0 Å². The van der Waals surface area contributed by atoms with Crippen molar-refractivity contribution in [1.29, 1.82) is 0 Å². The molecular weight excluding hydrogens is 216 g/mol. The van der Waals surface area contributed by atoms with E-state index in [-0.39, 0.29) is 18.4 Å². The highest BCUT2D eigenvalue weighted by atomic mass is 16.3. The predicted octanol–water partition coefficient (Wildman–Crippen LogP) is 1.12. The zero-order valence-corrected chi connectivity index (χ0v) is 9.78. The van der Waals surface area contributed by atoms with Crippen LogP contribution in [0.4, 0.5) is 5.69 Å². The van der Waals surface area contributed by atoms with Gasteiger partial charge in [-0.05, 0) is 37.1 Å². The number of piperidine rings is 1. The van der Waals surface area contributed by atoms with Gasteiger partial charge in [-0.2, -0.15) is 0 Å². The number of hydrogen-bond acceptors (Lipinski definition) is 3. The Morgan fingerprint density at radius 3 is 3.12 bits per heavy atom. The van der Waals surface area contributed by atoms with Crippen molar-refractivity contribution in [3.63, 3.8) is 0 Å². The zero-order valence-electron chi connectivity index (χ0n) is 9.78. The van der Waals surface area contributed by atoms with Crippen LogP contribution in [0, 0.1) is 5.92 Å². The van der Waals surface area contributed by atoms with Gasteiger partial charge in [0.25, 0.3) is 0 Å². The Morgan fingerprint density at radius 2 is 2.41 bits per heavy atom. The van der Waals surface area contributed by atoms with E-state index in [1.807, 2.05) is 18.2 Å². The summed E-state index contributed by atoms with van der Waals surface area (Å²) < 4.78 is 0. The third kappa shape index (κ3) is 3.28. The highest BCUT2D eigenvalue weighted by Gasteiger charge is 2.20. The molecular formula is C13H18N2O2. The number of nitrogens with one attached hydrogen (secondary N) is 2. The zero-order chi connectivity index (χ0) is 12.1. The summed E-state index contributed by atoms with van der Waals surface area (Å²) in [6.07, 6.45) is 1.99. The Labute approximate surface area is 101 Å². The minimum absolute atomic E-state index is 0.00526. The molecule has 0 saturated carbocycles. The molecule has 3 N–H and O–H groups in total. The highest BCUT2D eigenvalue weighted by molar-refractivity contribution is 5.92. The molecule has 1 aliphatic rings. The topological polar surface area (TPSA) is 61.4 Å². The molecule has 1 heterocycles. The molecule has 0 spiro atoms. The van der Waals surface area contributed by atoms with Crippen LogP contribution in [0.1, 0.15) is 18.4 Å². The molecule has 1 amide bonds. The van der Waals surface area contributed by atoms with Crippen molar-refractivity contribution in [3.05, 3.63) is 29.8 Å². The third-order valence-electron chi connectivity index (χ3n) is 3.04. The van der Waals surface area contributed by atoms with Crippen LogP contribution in [0.5, 0.6) is 0 Å². The first-order valence-corrected chi connectivity index (χ1v) is 6.01. The molecule has 92 valence electrons. The molecule has 1 aromatic carbocycles. The van der Waals surface area contributed by atoms with E-state index in [1.165, 1.54) is 0 Å². The van der Waals surface area contributed by atoms with Crippen LogP contribution >= 0.6 is 0 Å². The van der Waals surface area contributed by atoms with Crippen LogP contribution in [0.2, 0.25) is 0 Å². The molecule has 4 nitrogen and oxygen atoms in total. The Kier molecular flexibility index (Phi) is 4.12. The second kappa shape index (κ2) is 5.80. The normalized spacial score (nSPS) is 19.9. The van der Waals surface area contributed by atoms with E-state index in [0.717, 1.165) is 37.2 Å². The van der Waals surface area contributed by atoms with Crippen LogP contribution in [0.3, 0.4) is 0 Å². The van der Waals surface area contributed by atoms with Crippen molar-refractivity contribution in [2.75, 3.05) is 18.4 Å². The van der Waals surface area contributed by atoms with Gasteiger partial charge in [-0.3, -0.25) is 4.79 Å². The monoisotopic (exact) mass is 234 g/mol. The predicted molar refractivity (Wildman–Crippen MR) is 66.6 cm³/mol. The van der Waals surface area contributed by atoms with Crippen LogP contribution in [0.15, 0.2) is 24.3 Å². The third-order valence-corrected chi connectivity index (χ3v) is 3.04. The largest absolute Gasteiger partial charge is 0.392 e. The Balaban J connectivity index is 1.96. The lowest BCUT2D eigenvalue weighted by Crippen LogP contribution is -2.37. The van der Waals surface area contributed by atoms with Crippen molar-refractivity contribution in [3.8, 4) is 0 Å². The molecule has 1 aromatic rings. The molecule has 17 heavy (non-hydrogen) atoms. The second-order valence-corrected chi connectivity index (χ2v) is 4.39. The number of rotatable bonds is 3. The standard InChI is InChI=1S/C13H18N2O2/c16-9-10-3-1-5-12(7-10)15-13(17)11-4-2-6-14-8-11/h1,3,5,7,11,14,16H,2,4,6,8-9H2,(H,15,17)/t11-/m0/s1. The van der Waals surface area contributed by atoms with Crippen molar-refractivity contribution >= 4 is 11.6 Å². The smallest absolute Gasteiger partial charge is 0.228 e. The Bertz CT molecular complexity index is 387. The summed E-state index contributed by atoms with van der Waals surface area (Å²) in [5.74, 6) is 0.119. The molecule has 0 aromatic heterocycles. The Hall–Kier alpha value is -1.39. The van der Waals surface area contributed by atoms with Crippen molar-refractivity contribution in [1.82, 2.24) is 5.32 Å². The van der Waals surface area contributed by atoms with Crippen molar-refractivity contribution in [2.24, 2.45) is 5.92 Å². The number of aliphatic hydroxyl groups is 1. The van der Waals surface area contributed by atoms with Gasteiger partial charge in [0.2, 0.25) is 5.91 Å². The first-order valence-electron chi connectivity index (χ1n) is 6.01. The van der Waals surface area contributed by atoms with E-state index in [9.17, 15) is 4.79 Å². The fraction of sp³-hybridized carbons (Fsp3) is 0.462. The van der Waals surface area contributed by atoms with E-state index in [1.54, 1.807) is 6.07 Å². The maximum atomic E-state index is 12.0. The van der Waals surface area contributed by atoms with Crippen molar-refractivity contribution in [2.45, 2.75) is 19.4 Å². The lowest BCUT2D eigenvalue weighted by molar-refractivity contribution is -0.120. The molecule has 0 unspecified atom stereocenters. The first-order chi connectivity index (χ1) is 8.29. The van der Waals surface area contributed by atoms with Gasteiger partial charge in [-0.25, -0.2) is 0 Å². The molecule has 0 aliphatic carbocycles. The van der Waals surface area contributed by atoms with E-state index in [0.29, 0.717) is 0 Å². The summed E-state index contributed by atoms with van der Waals surface area (Å²) >= 11 is 0. The van der Waals surface area contributed by atoms with Gasteiger partial charge in [0, 0.05) is 12.2 Å². The van der Waals surface area contributed by atoms with Gasteiger partial charge in [-0.15, -0.1) is 0 Å². The van der Waals surface area contributed by atoms with Gasteiger partial charge in [0.1, 0.15) is 0 Å². The summed E-state index contributed by atoms with van der Waals surface area (Å²) in [6.45, 7) is 1.75. The summed E-state index contributed by atoms with van der Waals surface area (Å²) in [4.78, 5) is 12.0. The maximum Gasteiger partial charge on any atom is 0.228 e. The van der Waals surface area contributed by atoms with Crippen LogP contribution in [-0.4, -0.2) is 24.1 Å². The molecule has 4 heteroatoms. The molecule has 2 rings (SSSR count). The maximum absolute atomic E-state index is 12.0. The number of benzene rings is 1. The lowest BCUT2D eigenvalue weighted by atomic mass is 9.99. The number of aliphatic hydroxyl groups excluding tert-OH is 1. The van der Waals surface area contributed by atoms with Gasteiger partial charge in [0.05, 0.1) is 12.5 Å². The molecule has 1 aliphatic heterocycles. The Morgan fingerprint density at radius 1 is 1.53 bits per heavy atom. The number of carbonyl (C=O) groups excluding carboxylic acids is 1. The molecule has 1 fully saturated rings. The van der Waals surface area contributed by atoms with Crippen LogP contribution in [-0.2, 0) is 11.4 Å². The summed E-state index contributed by atoms with van der Waals surface area (Å²) in [5, 5.41) is 15.1. The SMILES string of the molecule is O=C(Nc1cccc(CO)c1)[C@H]1CCCNC1. The summed E-state index contributed by atoms with van der Waals surface area (Å²) in [7, 11) is 0. The average molecular weight is 234 g/mol. The molecule has 0 bridgehead atoms. The number of anilines is 1. The highest BCUT2D eigenvalue weighted by Crippen LogP contribution is 2.15. The van der Waals surface area contributed by atoms with Gasteiger partial charge >= 0.3 is 0 Å². The number of hydrogen-bond donors (Lipinski definition) is 3. The van der Waals surface area contributed by atoms with Gasteiger partial charge in [-0.1, -0.05) is 12.1 Å². The quantitative estimate of drug-likeness (QED) is 0.734. The number of carbonyl (C=O) groups is 1. The lowest BCUT2D eigenvalue weighted by Gasteiger charge is -2.21. The van der Waals surface area contributed by atoms with Gasteiger partial charge < -0.3 is 15.7 Å².